The lowest BCUT2D eigenvalue weighted by molar-refractivity contribution is -0.118. The summed E-state index contributed by atoms with van der Waals surface area (Å²) in [6.45, 7) is 4.52. The molecule has 180 valence electrons. The van der Waals surface area contributed by atoms with Crippen LogP contribution in [0.3, 0.4) is 0 Å². The lowest BCUT2D eigenvalue weighted by atomic mass is 9.68. The van der Waals surface area contributed by atoms with Crippen molar-refractivity contribution >= 4 is 27.8 Å². The molecule has 4 heteroatoms. The molecule has 1 atom stereocenters. The van der Waals surface area contributed by atoms with Crippen LogP contribution in [0.15, 0.2) is 90.5 Å². The van der Waals surface area contributed by atoms with Gasteiger partial charge in [0.2, 0.25) is 0 Å². The first-order chi connectivity index (χ1) is 17.4. The molecule has 1 heterocycles. The minimum absolute atomic E-state index is 0.0869. The molecule has 0 unspecified atom stereocenters. The van der Waals surface area contributed by atoms with Gasteiger partial charge in [0.05, 0.1) is 6.04 Å². The van der Waals surface area contributed by atoms with Crippen LogP contribution in [0.1, 0.15) is 49.4 Å². The number of carbonyl (C=O) groups excluding carboxylic acids is 1. The highest BCUT2D eigenvalue weighted by Crippen LogP contribution is 2.52. The quantitative estimate of drug-likeness (QED) is 0.325. The van der Waals surface area contributed by atoms with Crippen molar-refractivity contribution in [2.45, 2.75) is 39.3 Å². The summed E-state index contributed by atoms with van der Waals surface area (Å²) in [7, 11) is 0. The molecule has 4 aromatic rings. The number of Topliss-reactive ketones (excluding diaryl/α,β-unsaturated/α-hetero) is 1. The van der Waals surface area contributed by atoms with Crippen molar-refractivity contribution in [1.82, 2.24) is 0 Å². The second-order valence-electron chi connectivity index (χ2n) is 10.6. The molecule has 3 nitrogen and oxygen atoms in total. The third kappa shape index (κ3) is 3.97. The highest BCUT2D eigenvalue weighted by Gasteiger charge is 2.40. The summed E-state index contributed by atoms with van der Waals surface area (Å²) < 4.78 is 19.8. The van der Waals surface area contributed by atoms with Gasteiger partial charge >= 0.3 is 0 Å². The molecule has 0 bridgehead atoms. The van der Waals surface area contributed by atoms with E-state index in [0.29, 0.717) is 17.7 Å². The number of hydrogen-bond donors (Lipinski definition) is 1. The molecule has 4 aromatic carbocycles. The van der Waals surface area contributed by atoms with Gasteiger partial charge in [-0.3, -0.25) is 4.79 Å². The maximum Gasteiger partial charge on any atom is 0.162 e. The number of carbonyl (C=O) groups is 1. The second kappa shape index (κ2) is 8.63. The standard InChI is InChI=1S/C32H28FNO2/c1-32(2)17-25-29-24-9-5-3-7-20(24)13-16-27(29)34-31(30(25)28(35)18-32)21-11-14-23(15-12-21)36-19-22-8-4-6-10-26(22)33/h3-16,31,34H,17-19H2,1-2H3/t31-/m1/s1. The summed E-state index contributed by atoms with van der Waals surface area (Å²) in [6, 6.07) is 26.8. The maximum absolute atomic E-state index is 13.9. The van der Waals surface area contributed by atoms with Gasteiger partial charge in [-0.2, -0.15) is 0 Å². The molecule has 0 amide bonds. The number of ether oxygens (including phenoxy) is 1. The molecule has 0 fully saturated rings. The van der Waals surface area contributed by atoms with E-state index in [0.717, 1.165) is 34.4 Å². The Morgan fingerprint density at radius 1 is 0.917 bits per heavy atom. The molecule has 2 aliphatic rings. The topological polar surface area (TPSA) is 38.3 Å². The van der Waals surface area contributed by atoms with Gasteiger partial charge in [0.25, 0.3) is 0 Å². The highest BCUT2D eigenvalue weighted by molar-refractivity contribution is 6.12. The molecule has 1 aliphatic carbocycles. The van der Waals surface area contributed by atoms with Gasteiger partial charge in [-0.05, 0) is 58.0 Å². The third-order valence-electron chi connectivity index (χ3n) is 7.30. The number of ketones is 1. The smallest absolute Gasteiger partial charge is 0.162 e. The predicted octanol–water partition coefficient (Wildman–Crippen LogP) is 7.87. The first kappa shape index (κ1) is 22.5. The van der Waals surface area contributed by atoms with E-state index in [1.54, 1.807) is 18.2 Å². The molecule has 1 aliphatic heterocycles. The summed E-state index contributed by atoms with van der Waals surface area (Å²) >= 11 is 0. The van der Waals surface area contributed by atoms with Crippen LogP contribution in [0, 0.1) is 11.2 Å². The molecular formula is C32H28FNO2. The van der Waals surface area contributed by atoms with E-state index >= 15 is 0 Å². The molecular weight excluding hydrogens is 449 g/mol. The molecule has 0 saturated heterocycles. The van der Waals surface area contributed by atoms with Crippen molar-refractivity contribution < 1.29 is 13.9 Å². The number of allylic oxidation sites excluding steroid dienone is 1. The molecule has 1 N–H and O–H groups in total. The second-order valence-corrected chi connectivity index (χ2v) is 10.6. The number of nitrogens with one attached hydrogen (secondary N) is 1. The Morgan fingerprint density at radius 3 is 2.47 bits per heavy atom. The van der Waals surface area contributed by atoms with Crippen LogP contribution in [0.5, 0.6) is 5.75 Å². The van der Waals surface area contributed by atoms with Crippen molar-refractivity contribution in [1.29, 1.82) is 0 Å². The lowest BCUT2D eigenvalue weighted by Gasteiger charge is -2.40. The van der Waals surface area contributed by atoms with E-state index in [9.17, 15) is 9.18 Å². The van der Waals surface area contributed by atoms with Crippen LogP contribution in [0.4, 0.5) is 10.1 Å². The van der Waals surface area contributed by atoms with Gasteiger partial charge in [0.1, 0.15) is 18.2 Å². The third-order valence-corrected chi connectivity index (χ3v) is 7.30. The van der Waals surface area contributed by atoms with Crippen LogP contribution in [0.25, 0.3) is 16.3 Å². The number of benzene rings is 4. The van der Waals surface area contributed by atoms with Gasteiger partial charge in [-0.15, -0.1) is 0 Å². The van der Waals surface area contributed by atoms with Crippen molar-refractivity contribution in [3.63, 3.8) is 0 Å². The van der Waals surface area contributed by atoms with Crippen molar-refractivity contribution in [2.24, 2.45) is 5.41 Å². The summed E-state index contributed by atoms with van der Waals surface area (Å²) in [6.07, 6.45) is 1.39. The molecule has 0 radical (unpaired) electrons. The van der Waals surface area contributed by atoms with Gasteiger partial charge in [0, 0.05) is 28.8 Å². The maximum atomic E-state index is 13.9. The molecule has 0 saturated carbocycles. The molecule has 0 aromatic heterocycles. The summed E-state index contributed by atoms with van der Waals surface area (Å²) in [4.78, 5) is 13.6. The monoisotopic (exact) mass is 477 g/mol. The van der Waals surface area contributed by atoms with E-state index in [1.165, 1.54) is 16.8 Å². The Morgan fingerprint density at radius 2 is 1.67 bits per heavy atom. The largest absolute Gasteiger partial charge is 0.489 e. The fourth-order valence-corrected chi connectivity index (χ4v) is 5.62. The van der Waals surface area contributed by atoms with Crippen molar-refractivity contribution in [2.75, 3.05) is 5.32 Å². The molecule has 6 rings (SSSR count). The Labute approximate surface area is 210 Å². The zero-order valence-electron chi connectivity index (χ0n) is 20.5. The van der Waals surface area contributed by atoms with E-state index in [-0.39, 0.29) is 29.7 Å². The minimum Gasteiger partial charge on any atom is -0.489 e. The highest BCUT2D eigenvalue weighted by atomic mass is 19.1. The SMILES string of the molecule is CC1(C)CC(=O)C2=C(C1)c1c(ccc3ccccc13)N[C@@H]2c1ccc(OCc2ccccc2F)cc1. The van der Waals surface area contributed by atoms with E-state index in [1.807, 2.05) is 24.3 Å². The minimum atomic E-state index is -0.273. The van der Waals surface area contributed by atoms with Gasteiger partial charge < -0.3 is 10.1 Å². The van der Waals surface area contributed by atoms with Crippen LogP contribution in [-0.4, -0.2) is 5.78 Å². The predicted molar refractivity (Wildman–Crippen MR) is 142 cm³/mol. The summed E-state index contributed by atoms with van der Waals surface area (Å²) in [5.41, 5.74) is 5.69. The lowest BCUT2D eigenvalue weighted by Crippen LogP contribution is -2.33. The number of fused-ring (bicyclic) bond motifs is 4. The van der Waals surface area contributed by atoms with Crippen LogP contribution in [-0.2, 0) is 11.4 Å². The fraction of sp³-hybridized carbons (Fsp3) is 0.219. The van der Waals surface area contributed by atoms with Crippen molar-refractivity contribution in [3.8, 4) is 5.75 Å². The first-order valence-corrected chi connectivity index (χ1v) is 12.4. The summed E-state index contributed by atoms with van der Waals surface area (Å²) in [5, 5.41) is 6.03. The van der Waals surface area contributed by atoms with Gasteiger partial charge in [-0.1, -0.05) is 74.5 Å². The summed E-state index contributed by atoms with van der Waals surface area (Å²) in [5.74, 6) is 0.594. The number of hydrogen-bond acceptors (Lipinski definition) is 3. The van der Waals surface area contributed by atoms with Crippen molar-refractivity contribution in [3.05, 3.63) is 113 Å². The Kier molecular flexibility index (Phi) is 5.40. The van der Waals surface area contributed by atoms with Crippen LogP contribution >= 0.6 is 0 Å². The van der Waals surface area contributed by atoms with Gasteiger partial charge in [-0.25, -0.2) is 4.39 Å². The number of halogens is 1. The zero-order chi connectivity index (χ0) is 24.9. The average Bonchev–Trinajstić information content (AvgIpc) is 2.87. The van der Waals surface area contributed by atoms with Gasteiger partial charge in [0.15, 0.2) is 5.78 Å². The van der Waals surface area contributed by atoms with E-state index in [4.69, 9.17) is 4.74 Å². The Hall–Kier alpha value is -3.92. The molecule has 0 spiro atoms. The van der Waals surface area contributed by atoms with E-state index < -0.39 is 0 Å². The molecule has 36 heavy (non-hydrogen) atoms. The number of rotatable bonds is 4. The normalized spacial score (nSPS) is 18.4. The Bertz CT molecular complexity index is 1520. The number of anilines is 1. The van der Waals surface area contributed by atoms with Crippen LogP contribution in [0.2, 0.25) is 0 Å². The fourth-order valence-electron chi connectivity index (χ4n) is 5.62. The van der Waals surface area contributed by atoms with E-state index in [2.05, 4.69) is 55.6 Å². The average molecular weight is 478 g/mol. The van der Waals surface area contributed by atoms with Crippen LogP contribution < -0.4 is 10.1 Å². The first-order valence-electron chi connectivity index (χ1n) is 12.4. The Balaban J connectivity index is 1.37. The zero-order valence-corrected chi connectivity index (χ0v) is 20.5.